The Morgan fingerprint density at radius 3 is 3.07 bits per heavy atom. The third kappa shape index (κ3) is 1.27. The van der Waals surface area contributed by atoms with Crippen molar-refractivity contribution in [2.45, 2.75) is 6.10 Å². The summed E-state index contributed by atoms with van der Waals surface area (Å²) >= 11 is 0. The summed E-state index contributed by atoms with van der Waals surface area (Å²) in [6, 6.07) is 8.00. The number of hydrogen-bond acceptors (Lipinski definition) is 4. The number of nitrogens with one attached hydrogen (secondary N) is 1. The molecule has 70 valence electrons. The highest BCUT2D eigenvalue weighted by molar-refractivity contribution is 5.55. The Labute approximate surface area is 80.1 Å². The molecule has 0 saturated carbocycles. The molecular weight excluding hydrogens is 180 g/mol. The lowest BCUT2D eigenvalue weighted by Gasteiger charge is -1.97. The molecule has 1 aromatic heterocycles. The van der Waals surface area contributed by atoms with E-state index in [2.05, 4.69) is 20.6 Å². The number of nitrogens with zero attached hydrogens (tertiary/aromatic N) is 3. The van der Waals surface area contributed by atoms with Crippen LogP contribution in [0.5, 0.6) is 0 Å². The molecule has 14 heavy (non-hydrogen) atoms. The van der Waals surface area contributed by atoms with Gasteiger partial charge in [-0.2, -0.15) is 5.21 Å². The lowest BCUT2D eigenvalue weighted by molar-refractivity contribution is 0.415. The van der Waals surface area contributed by atoms with E-state index in [0.29, 0.717) is 5.82 Å². The van der Waals surface area contributed by atoms with Crippen LogP contribution in [-0.4, -0.2) is 27.2 Å². The van der Waals surface area contributed by atoms with Crippen molar-refractivity contribution in [1.29, 1.82) is 0 Å². The fourth-order valence-electron chi connectivity index (χ4n) is 1.40. The Hall–Kier alpha value is -1.75. The monoisotopic (exact) mass is 188 g/mol. The standard InChI is InChI=1S/C9H8N4O/c1-2-6(8-5-14-8)4-7(3-1)9-10-12-13-11-9/h1-4,8H,5H2,(H,10,11,12,13)/t8-/m0/s1. The number of aromatic nitrogens is 4. The molecule has 0 aliphatic carbocycles. The molecule has 0 bridgehead atoms. The Kier molecular flexibility index (Phi) is 1.57. The van der Waals surface area contributed by atoms with E-state index in [1.165, 1.54) is 5.56 Å². The molecule has 0 radical (unpaired) electrons. The van der Waals surface area contributed by atoms with Crippen LogP contribution < -0.4 is 0 Å². The first-order chi connectivity index (χ1) is 6.93. The highest BCUT2D eigenvalue weighted by Gasteiger charge is 2.24. The second-order valence-electron chi connectivity index (χ2n) is 3.18. The van der Waals surface area contributed by atoms with E-state index < -0.39 is 0 Å². The summed E-state index contributed by atoms with van der Waals surface area (Å²) in [4.78, 5) is 0. The average molecular weight is 188 g/mol. The minimum atomic E-state index is 0.266. The van der Waals surface area contributed by atoms with Crippen LogP contribution in [0, 0.1) is 0 Å². The molecule has 1 aliphatic heterocycles. The van der Waals surface area contributed by atoms with Gasteiger partial charge < -0.3 is 4.74 Å². The average Bonchev–Trinajstić information content (AvgIpc) is 2.94. The van der Waals surface area contributed by atoms with Gasteiger partial charge in [-0.15, -0.1) is 10.2 Å². The molecule has 1 N–H and O–H groups in total. The predicted octanol–water partition coefficient (Wildman–Crippen LogP) is 0.938. The topological polar surface area (TPSA) is 67.0 Å². The van der Waals surface area contributed by atoms with Crippen molar-refractivity contribution in [3.05, 3.63) is 29.8 Å². The lowest BCUT2D eigenvalue weighted by atomic mass is 10.1. The van der Waals surface area contributed by atoms with Gasteiger partial charge in [-0.1, -0.05) is 18.2 Å². The number of epoxide rings is 1. The molecule has 0 amide bonds. The zero-order valence-corrected chi connectivity index (χ0v) is 7.34. The van der Waals surface area contributed by atoms with E-state index in [1.54, 1.807) is 0 Å². The van der Waals surface area contributed by atoms with Crippen molar-refractivity contribution in [3.63, 3.8) is 0 Å². The van der Waals surface area contributed by atoms with Gasteiger partial charge in [0.25, 0.3) is 0 Å². The van der Waals surface area contributed by atoms with Crippen LogP contribution in [0.1, 0.15) is 11.7 Å². The van der Waals surface area contributed by atoms with Crippen LogP contribution in [0.15, 0.2) is 24.3 Å². The fourth-order valence-corrected chi connectivity index (χ4v) is 1.40. The van der Waals surface area contributed by atoms with E-state index in [9.17, 15) is 0 Å². The lowest BCUT2D eigenvalue weighted by Crippen LogP contribution is -1.85. The van der Waals surface area contributed by atoms with Crippen LogP contribution in [0.25, 0.3) is 11.4 Å². The minimum absolute atomic E-state index is 0.266. The van der Waals surface area contributed by atoms with Gasteiger partial charge in [-0.3, -0.25) is 0 Å². The van der Waals surface area contributed by atoms with Gasteiger partial charge in [0.15, 0.2) is 0 Å². The number of tetrazole rings is 1. The maximum absolute atomic E-state index is 5.20. The summed E-state index contributed by atoms with van der Waals surface area (Å²) in [7, 11) is 0. The van der Waals surface area contributed by atoms with E-state index in [4.69, 9.17) is 4.74 Å². The smallest absolute Gasteiger partial charge is 0.204 e. The highest BCUT2D eigenvalue weighted by Crippen LogP contribution is 2.31. The molecule has 0 unspecified atom stereocenters. The zero-order chi connectivity index (χ0) is 9.38. The minimum Gasteiger partial charge on any atom is -0.368 e. The summed E-state index contributed by atoms with van der Waals surface area (Å²) in [5, 5.41) is 13.8. The van der Waals surface area contributed by atoms with Gasteiger partial charge in [0, 0.05) is 5.56 Å². The van der Waals surface area contributed by atoms with E-state index in [-0.39, 0.29) is 6.10 Å². The van der Waals surface area contributed by atoms with Crippen molar-refractivity contribution in [1.82, 2.24) is 20.6 Å². The van der Waals surface area contributed by atoms with Crippen molar-refractivity contribution >= 4 is 0 Å². The first kappa shape index (κ1) is 7.64. The molecule has 1 aromatic carbocycles. The van der Waals surface area contributed by atoms with Crippen LogP contribution in [0.2, 0.25) is 0 Å². The van der Waals surface area contributed by atoms with Crippen LogP contribution in [0.4, 0.5) is 0 Å². The summed E-state index contributed by atoms with van der Waals surface area (Å²) in [6.07, 6.45) is 0.266. The Morgan fingerprint density at radius 2 is 2.36 bits per heavy atom. The normalized spacial score (nSPS) is 19.6. The summed E-state index contributed by atoms with van der Waals surface area (Å²) < 4.78 is 5.20. The zero-order valence-electron chi connectivity index (χ0n) is 7.34. The molecule has 0 spiro atoms. The fraction of sp³-hybridized carbons (Fsp3) is 0.222. The van der Waals surface area contributed by atoms with Gasteiger partial charge >= 0.3 is 0 Å². The quantitative estimate of drug-likeness (QED) is 0.712. The molecular formula is C9H8N4O. The van der Waals surface area contributed by atoms with Gasteiger partial charge in [-0.05, 0) is 16.8 Å². The number of H-pyrrole nitrogens is 1. The van der Waals surface area contributed by atoms with Crippen molar-refractivity contribution < 1.29 is 4.74 Å². The van der Waals surface area contributed by atoms with Gasteiger partial charge in [0.05, 0.1) is 6.61 Å². The molecule has 5 heteroatoms. The number of aromatic amines is 1. The molecule has 2 heterocycles. The third-order valence-electron chi connectivity index (χ3n) is 2.20. The highest BCUT2D eigenvalue weighted by atomic mass is 16.6. The van der Waals surface area contributed by atoms with E-state index >= 15 is 0 Å². The number of hydrogen-bond donors (Lipinski definition) is 1. The molecule has 1 fully saturated rings. The largest absolute Gasteiger partial charge is 0.368 e. The number of ether oxygens (including phenoxy) is 1. The molecule has 2 aromatic rings. The Bertz CT molecular complexity index is 436. The van der Waals surface area contributed by atoms with Gasteiger partial charge in [0.1, 0.15) is 6.10 Å². The first-order valence-corrected chi connectivity index (χ1v) is 4.39. The van der Waals surface area contributed by atoms with Crippen molar-refractivity contribution in [2.75, 3.05) is 6.61 Å². The molecule has 1 saturated heterocycles. The van der Waals surface area contributed by atoms with Crippen molar-refractivity contribution in [2.24, 2.45) is 0 Å². The van der Waals surface area contributed by atoms with Gasteiger partial charge in [-0.25, -0.2) is 0 Å². The molecule has 3 rings (SSSR count). The molecule has 1 aliphatic rings. The first-order valence-electron chi connectivity index (χ1n) is 4.39. The molecule has 1 atom stereocenters. The molecule has 5 nitrogen and oxygen atoms in total. The number of benzene rings is 1. The number of rotatable bonds is 2. The maximum atomic E-state index is 5.20. The predicted molar refractivity (Wildman–Crippen MR) is 48.3 cm³/mol. The van der Waals surface area contributed by atoms with Crippen molar-refractivity contribution in [3.8, 4) is 11.4 Å². The summed E-state index contributed by atoms with van der Waals surface area (Å²) in [5.74, 6) is 0.618. The van der Waals surface area contributed by atoms with Crippen LogP contribution in [-0.2, 0) is 4.74 Å². The second kappa shape index (κ2) is 2.88. The van der Waals surface area contributed by atoms with E-state index in [1.807, 2.05) is 24.3 Å². The maximum Gasteiger partial charge on any atom is 0.204 e. The summed E-state index contributed by atoms with van der Waals surface area (Å²) in [6.45, 7) is 0.815. The second-order valence-corrected chi connectivity index (χ2v) is 3.18. The van der Waals surface area contributed by atoms with Gasteiger partial charge in [0.2, 0.25) is 5.82 Å². The van der Waals surface area contributed by atoms with E-state index in [0.717, 1.165) is 12.2 Å². The van der Waals surface area contributed by atoms with Crippen LogP contribution >= 0.6 is 0 Å². The van der Waals surface area contributed by atoms with Crippen LogP contribution in [0.3, 0.4) is 0 Å². The summed E-state index contributed by atoms with van der Waals surface area (Å²) in [5.41, 5.74) is 2.14. The Morgan fingerprint density at radius 1 is 1.43 bits per heavy atom. The third-order valence-corrected chi connectivity index (χ3v) is 2.20. The Balaban J connectivity index is 2.02. The SMILES string of the molecule is c1cc(-c2nn[nH]n2)cc([C@@H]2CO2)c1.